The van der Waals surface area contributed by atoms with E-state index in [0.29, 0.717) is 11.3 Å². The van der Waals surface area contributed by atoms with E-state index >= 15 is 0 Å². The molecule has 0 radical (unpaired) electrons. The van der Waals surface area contributed by atoms with Gasteiger partial charge in [0.15, 0.2) is 0 Å². The van der Waals surface area contributed by atoms with Crippen LogP contribution in [-0.2, 0) is 9.53 Å². The van der Waals surface area contributed by atoms with Gasteiger partial charge in [0.05, 0.1) is 12.1 Å². The second-order valence-electron chi connectivity index (χ2n) is 5.79. The van der Waals surface area contributed by atoms with Crippen LogP contribution in [0.1, 0.15) is 33.1 Å². The van der Waals surface area contributed by atoms with Crippen LogP contribution in [-0.4, -0.2) is 38.3 Å². The Morgan fingerprint density at radius 2 is 2.24 bits per heavy atom. The van der Waals surface area contributed by atoms with Crippen molar-refractivity contribution in [3.63, 3.8) is 0 Å². The highest BCUT2D eigenvalue weighted by molar-refractivity contribution is 5.82. The predicted molar refractivity (Wildman–Crippen MR) is 66.7 cm³/mol. The van der Waals surface area contributed by atoms with Gasteiger partial charge in [-0.2, -0.15) is 0 Å². The Balaban J connectivity index is 1.75. The molecule has 0 aromatic heterocycles. The van der Waals surface area contributed by atoms with Gasteiger partial charge in [0.2, 0.25) is 5.91 Å². The van der Waals surface area contributed by atoms with Crippen molar-refractivity contribution in [2.24, 2.45) is 11.3 Å². The molecule has 0 aromatic carbocycles. The van der Waals surface area contributed by atoms with E-state index in [1.165, 1.54) is 12.8 Å². The lowest BCUT2D eigenvalue weighted by Gasteiger charge is -2.21. The van der Waals surface area contributed by atoms with Crippen molar-refractivity contribution < 1.29 is 9.53 Å². The third-order valence-corrected chi connectivity index (χ3v) is 4.47. The quantitative estimate of drug-likeness (QED) is 0.751. The average molecular weight is 240 g/mol. The first-order valence-electron chi connectivity index (χ1n) is 6.61. The first-order chi connectivity index (χ1) is 8.07. The minimum Gasteiger partial charge on any atom is -0.380 e. The number of ether oxygens (including phenoxy) is 1. The van der Waals surface area contributed by atoms with E-state index in [1.54, 1.807) is 7.11 Å². The molecule has 1 aliphatic heterocycles. The number of carbonyl (C=O) groups is 1. The maximum absolute atomic E-state index is 12.0. The van der Waals surface area contributed by atoms with Crippen molar-refractivity contribution in [2.75, 3.05) is 20.2 Å². The Morgan fingerprint density at radius 3 is 2.71 bits per heavy atom. The molecular weight excluding hydrogens is 216 g/mol. The van der Waals surface area contributed by atoms with E-state index in [1.807, 2.05) is 0 Å². The molecule has 1 saturated carbocycles. The first kappa shape index (κ1) is 12.8. The van der Waals surface area contributed by atoms with Gasteiger partial charge in [-0.05, 0) is 30.6 Å². The molecule has 2 N–H and O–H groups in total. The van der Waals surface area contributed by atoms with Crippen molar-refractivity contribution in [1.82, 2.24) is 10.6 Å². The minimum absolute atomic E-state index is 0.0667. The highest BCUT2D eigenvalue weighted by Gasteiger charge is 2.45. The van der Waals surface area contributed by atoms with E-state index in [-0.39, 0.29) is 18.1 Å². The zero-order valence-electron chi connectivity index (χ0n) is 11.1. The van der Waals surface area contributed by atoms with Gasteiger partial charge in [0.1, 0.15) is 0 Å². The van der Waals surface area contributed by atoms with Gasteiger partial charge < -0.3 is 15.4 Å². The van der Waals surface area contributed by atoms with Crippen LogP contribution >= 0.6 is 0 Å². The molecule has 1 saturated heterocycles. The maximum Gasteiger partial charge on any atom is 0.237 e. The monoisotopic (exact) mass is 240 g/mol. The van der Waals surface area contributed by atoms with E-state index in [4.69, 9.17) is 4.74 Å². The molecule has 2 fully saturated rings. The molecule has 2 unspecified atom stereocenters. The fourth-order valence-corrected chi connectivity index (χ4v) is 2.59. The molecule has 1 aliphatic carbocycles. The first-order valence-corrected chi connectivity index (χ1v) is 6.61. The average Bonchev–Trinajstić information content (AvgIpc) is 2.96. The van der Waals surface area contributed by atoms with Crippen molar-refractivity contribution in [3.05, 3.63) is 0 Å². The summed E-state index contributed by atoms with van der Waals surface area (Å²) in [6.45, 7) is 6.10. The zero-order chi connectivity index (χ0) is 12.5. The standard InChI is InChI=1S/C13H24N2O2/c1-9(2)13(4-5-13)8-15-12(16)11-6-10(17-3)7-14-11/h9-11,14H,4-8H2,1-3H3,(H,15,16). The van der Waals surface area contributed by atoms with Gasteiger partial charge >= 0.3 is 0 Å². The molecule has 4 nitrogen and oxygen atoms in total. The number of methoxy groups -OCH3 is 1. The number of nitrogens with one attached hydrogen (secondary N) is 2. The molecule has 0 aromatic rings. The normalized spacial score (nSPS) is 30.6. The summed E-state index contributed by atoms with van der Waals surface area (Å²) in [5, 5.41) is 6.30. The van der Waals surface area contributed by atoms with Crippen LogP contribution in [0, 0.1) is 11.3 Å². The zero-order valence-corrected chi connectivity index (χ0v) is 11.1. The van der Waals surface area contributed by atoms with Crippen molar-refractivity contribution in [2.45, 2.75) is 45.3 Å². The molecule has 17 heavy (non-hydrogen) atoms. The Labute approximate surface area is 103 Å². The van der Waals surface area contributed by atoms with E-state index in [9.17, 15) is 4.79 Å². The van der Waals surface area contributed by atoms with Crippen LogP contribution in [0.2, 0.25) is 0 Å². The third kappa shape index (κ3) is 2.80. The SMILES string of the molecule is COC1CNC(C(=O)NCC2(C(C)C)CC2)C1. The summed E-state index contributed by atoms with van der Waals surface area (Å²) >= 11 is 0. The lowest BCUT2D eigenvalue weighted by molar-refractivity contribution is -0.123. The molecule has 1 heterocycles. The number of hydrogen-bond acceptors (Lipinski definition) is 3. The van der Waals surface area contributed by atoms with Crippen LogP contribution in [0.25, 0.3) is 0 Å². The molecule has 2 atom stereocenters. The largest absolute Gasteiger partial charge is 0.380 e. The van der Waals surface area contributed by atoms with E-state index in [0.717, 1.165) is 19.5 Å². The van der Waals surface area contributed by atoms with Crippen molar-refractivity contribution in [1.29, 1.82) is 0 Å². The number of rotatable bonds is 5. The highest BCUT2D eigenvalue weighted by atomic mass is 16.5. The molecule has 2 rings (SSSR count). The minimum atomic E-state index is -0.0667. The molecular formula is C13H24N2O2. The molecule has 1 amide bonds. The van der Waals surface area contributed by atoms with Crippen LogP contribution < -0.4 is 10.6 Å². The lowest BCUT2D eigenvalue weighted by Crippen LogP contribution is -2.43. The molecule has 0 bridgehead atoms. The van der Waals surface area contributed by atoms with Gasteiger partial charge in [-0.15, -0.1) is 0 Å². The van der Waals surface area contributed by atoms with Gasteiger partial charge in [-0.3, -0.25) is 4.79 Å². The Hall–Kier alpha value is -0.610. The Kier molecular flexibility index (Phi) is 3.73. The fraction of sp³-hybridized carbons (Fsp3) is 0.923. The van der Waals surface area contributed by atoms with Crippen LogP contribution in [0.3, 0.4) is 0 Å². The molecule has 98 valence electrons. The summed E-state index contributed by atoms with van der Waals surface area (Å²) in [5.74, 6) is 0.794. The maximum atomic E-state index is 12.0. The topological polar surface area (TPSA) is 50.4 Å². The van der Waals surface area contributed by atoms with Gasteiger partial charge in [0, 0.05) is 20.2 Å². The summed E-state index contributed by atoms with van der Waals surface area (Å²) in [4.78, 5) is 12.0. The van der Waals surface area contributed by atoms with Gasteiger partial charge in [-0.1, -0.05) is 13.8 Å². The molecule has 2 aliphatic rings. The summed E-state index contributed by atoms with van der Waals surface area (Å²) in [7, 11) is 1.70. The number of carbonyl (C=O) groups excluding carboxylic acids is 1. The van der Waals surface area contributed by atoms with Gasteiger partial charge in [-0.25, -0.2) is 0 Å². The smallest absolute Gasteiger partial charge is 0.237 e. The second-order valence-corrected chi connectivity index (χ2v) is 5.79. The summed E-state index contributed by atoms with van der Waals surface area (Å²) in [6, 6.07) is -0.0667. The van der Waals surface area contributed by atoms with Crippen LogP contribution in [0.5, 0.6) is 0 Å². The number of amides is 1. The second kappa shape index (κ2) is 4.94. The van der Waals surface area contributed by atoms with Crippen molar-refractivity contribution >= 4 is 5.91 Å². The van der Waals surface area contributed by atoms with E-state index < -0.39 is 0 Å². The van der Waals surface area contributed by atoms with Gasteiger partial charge in [0.25, 0.3) is 0 Å². The summed E-state index contributed by atoms with van der Waals surface area (Å²) in [6.07, 6.45) is 3.48. The lowest BCUT2D eigenvalue weighted by atomic mass is 9.92. The Morgan fingerprint density at radius 1 is 1.53 bits per heavy atom. The number of hydrogen-bond donors (Lipinski definition) is 2. The predicted octanol–water partition coefficient (Wildman–Crippen LogP) is 0.916. The van der Waals surface area contributed by atoms with Crippen LogP contribution in [0.15, 0.2) is 0 Å². The molecule has 4 heteroatoms. The highest BCUT2D eigenvalue weighted by Crippen LogP contribution is 2.51. The third-order valence-electron chi connectivity index (χ3n) is 4.47. The van der Waals surface area contributed by atoms with Crippen molar-refractivity contribution in [3.8, 4) is 0 Å². The van der Waals surface area contributed by atoms with E-state index in [2.05, 4.69) is 24.5 Å². The molecule has 0 spiro atoms. The summed E-state index contributed by atoms with van der Waals surface area (Å²) in [5.41, 5.74) is 0.384. The Bertz CT molecular complexity index is 287. The summed E-state index contributed by atoms with van der Waals surface area (Å²) < 4.78 is 5.25. The fourth-order valence-electron chi connectivity index (χ4n) is 2.59. The van der Waals surface area contributed by atoms with Crippen LogP contribution in [0.4, 0.5) is 0 Å².